The Hall–Kier alpha value is -0.620. The molecule has 5 heteroatoms. The highest BCUT2D eigenvalue weighted by Crippen LogP contribution is 2.28. The van der Waals surface area contributed by atoms with Crippen LogP contribution in [0.2, 0.25) is 0 Å². The Morgan fingerprint density at radius 3 is 2.65 bits per heavy atom. The molecule has 0 bridgehead atoms. The topological polar surface area (TPSA) is 27.7 Å². The zero-order chi connectivity index (χ0) is 14.4. The smallest absolute Gasteiger partial charge is 0.0587 e. The molecule has 112 valence electrons. The van der Waals surface area contributed by atoms with E-state index in [0.29, 0.717) is 0 Å². The summed E-state index contributed by atoms with van der Waals surface area (Å²) in [6.45, 7) is 6.97. The molecule has 0 atom stereocenters. The van der Waals surface area contributed by atoms with Gasteiger partial charge in [-0.1, -0.05) is 6.07 Å². The highest BCUT2D eigenvalue weighted by molar-refractivity contribution is 9.10. The molecule has 0 aromatic heterocycles. The zero-order valence-corrected chi connectivity index (χ0v) is 13.9. The van der Waals surface area contributed by atoms with Crippen LogP contribution < -0.4 is 10.2 Å². The first-order chi connectivity index (χ1) is 9.70. The van der Waals surface area contributed by atoms with E-state index in [2.05, 4.69) is 56.3 Å². The summed E-state index contributed by atoms with van der Waals surface area (Å²) in [5.41, 5.74) is 2.60. The summed E-state index contributed by atoms with van der Waals surface area (Å²) in [5, 5.41) is 3.37. The quantitative estimate of drug-likeness (QED) is 0.800. The number of anilines is 1. The molecular weight excluding hydrogens is 318 g/mol. The molecule has 0 amide bonds. The van der Waals surface area contributed by atoms with Gasteiger partial charge >= 0.3 is 0 Å². The monoisotopic (exact) mass is 341 g/mol. The van der Waals surface area contributed by atoms with Gasteiger partial charge in [-0.2, -0.15) is 0 Å². The standard InChI is InChI=1S/C15H24BrN3O/c1-18-6-8-19(9-7-18)15-4-3-13(11-14(15)16)12-17-5-10-20-2/h3-4,11,17H,5-10,12H2,1-2H3. The molecule has 1 aromatic rings. The van der Waals surface area contributed by atoms with Crippen LogP contribution in [0.5, 0.6) is 0 Å². The lowest BCUT2D eigenvalue weighted by molar-refractivity contribution is 0.199. The predicted octanol–water partition coefficient (Wildman–Crippen LogP) is 1.94. The molecule has 1 aliphatic rings. The summed E-state index contributed by atoms with van der Waals surface area (Å²) in [5.74, 6) is 0. The normalized spacial score (nSPS) is 16.6. The van der Waals surface area contributed by atoms with E-state index >= 15 is 0 Å². The molecule has 1 aliphatic heterocycles. The maximum atomic E-state index is 5.03. The van der Waals surface area contributed by atoms with E-state index in [0.717, 1.165) is 45.9 Å². The molecule has 1 N–H and O–H groups in total. The summed E-state index contributed by atoms with van der Waals surface area (Å²) in [4.78, 5) is 4.82. The fraction of sp³-hybridized carbons (Fsp3) is 0.600. The fourth-order valence-electron chi connectivity index (χ4n) is 2.37. The fourth-order valence-corrected chi connectivity index (χ4v) is 3.05. The molecule has 0 saturated carbocycles. The first-order valence-electron chi connectivity index (χ1n) is 7.12. The van der Waals surface area contributed by atoms with Gasteiger partial charge in [-0.25, -0.2) is 0 Å². The van der Waals surface area contributed by atoms with E-state index in [4.69, 9.17) is 4.74 Å². The minimum absolute atomic E-state index is 0.751. The van der Waals surface area contributed by atoms with Gasteiger partial charge in [0.25, 0.3) is 0 Å². The summed E-state index contributed by atoms with van der Waals surface area (Å²) in [6, 6.07) is 6.65. The lowest BCUT2D eigenvalue weighted by Gasteiger charge is -2.34. The van der Waals surface area contributed by atoms with Gasteiger partial charge in [0.1, 0.15) is 0 Å². The van der Waals surface area contributed by atoms with Gasteiger partial charge < -0.3 is 19.9 Å². The van der Waals surface area contributed by atoms with Crippen LogP contribution in [0.15, 0.2) is 22.7 Å². The highest BCUT2D eigenvalue weighted by Gasteiger charge is 2.16. The molecule has 1 heterocycles. The van der Waals surface area contributed by atoms with Gasteiger partial charge in [-0.3, -0.25) is 0 Å². The van der Waals surface area contributed by atoms with Crippen molar-refractivity contribution < 1.29 is 4.74 Å². The van der Waals surface area contributed by atoms with Gasteiger partial charge in [0.05, 0.1) is 12.3 Å². The van der Waals surface area contributed by atoms with Gasteiger partial charge in [-0.05, 0) is 40.7 Å². The van der Waals surface area contributed by atoms with E-state index < -0.39 is 0 Å². The average Bonchev–Trinajstić information content (AvgIpc) is 2.45. The largest absolute Gasteiger partial charge is 0.383 e. The van der Waals surface area contributed by atoms with Crippen LogP contribution in [-0.4, -0.2) is 58.4 Å². The number of rotatable bonds is 6. The number of benzene rings is 1. The van der Waals surface area contributed by atoms with E-state index in [9.17, 15) is 0 Å². The van der Waals surface area contributed by atoms with Gasteiger partial charge in [0.2, 0.25) is 0 Å². The van der Waals surface area contributed by atoms with Crippen molar-refractivity contribution >= 4 is 21.6 Å². The van der Waals surface area contributed by atoms with Crippen LogP contribution in [-0.2, 0) is 11.3 Å². The number of methoxy groups -OCH3 is 1. The summed E-state index contributed by atoms with van der Waals surface area (Å²) < 4.78 is 6.22. The predicted molar refractivity (Wildman–Crippen MR) is 87.4 cm³/mol. The van der Waals surface area contributed by atoms with Crippen molar-refractivity contribution in [1.82, 2.24) is 10.2 Å². The van der Waals surface area contributed by atoms with Crippen molar-refractivity contribution in [3.8, 4) is 0 Å². The molecule has 4 nitrogen and oxygen atoms in total. The Balaban J connectivity index is 1.92. The second-order valence-corrected chi connectivity index (χ2v) is 6.10. The average molecular weight is 342 g/mol. The molecule has 0 aliphatic carbocycles. The first kappa shape index (κ1) is 15.8. The molecular formula is C15H24BrN3O. The second kappa shape index (κ2) is 7.98. The number of likely N-dealkylation sites (N-methyl/N-ethyl adjacent to an activating group) is 1. The van der Waals surface area contributed by atoms with E-state index in [1.807, 2.05) is 0 Å². The molecule has 20 heavy (non-hydrogen) atoms. The van der Waals surface area contributed by atoms with Crippen LogP contribution in [0.25, 0.3) is 0 Å². The molecule has 0 radical (unpaired) electrons. The lowest BCUT2D eigenvalue weighted by atomic mass is 10.1. The maximum Gasteiger partial charge on any atom is 0.0587 e. The molecule has 2 rings (SSSR count). The minimum Gasteiger partial charge on any atom is -0.383 e. The van der Waals surface area contributed by atoms with Gasteiger partial charge in [0, 0.05) is 50.9 Å². The number of halogens is 1. The van der Waals surface area contributed by atoms with Crippen molar-refractivity contribution in [3.63, 3.8) is 0 Å². The van der Waals surface area contributed by atoms with Crippen molar-refractivity contribution in [2.24, 2.45) is 0 Å². The summed E-state index contributed by atoms with van der Waals surface area (Å²) in [6.07, 6.45) is 0. The Bertz CT molecular complexity index is 420. The van der Waals surface area contributed by atoms with Gasteiger partial charge in [0.15, 0.2) is 0 Å². The summed E-state index contributed by atoms with van der Waals surface area (Å²) in [7, 11) is 3.91. The van der Waals surface area contributed by atoms with Crippen LogP contribution in [0.1, 0.15) is 5.56 Å². The second-order valence-electron chi connectivity index (χ2n) is 5.25. The Kier molecular flexibility index (Phi) is 6.29. The van der Waals surface area contributed by atoms with Gasteiger partial charge in [-0.15, -0.1) is 0 Å². The number of piperazine rings is 1. The number of nitrogens with zero attached hydrogens (tertiary/aromatic N) is 2. The molecule has 0 unspecified atom stereocenters. The van der Waals surface area contributed by atoms with Crippen LogP contribution in [0.4, 0.5) is 5.69 Å². The lowest BCUT2D eigenvalue weighted by Crippen LogP contribution is -2.44. The number of hydrogen-bond acceptors (Lipinski definition) is 4. The maximum absolute atomic E-state index is 5.03. The van der Waals surface area contributed by atoms with Crippen LogP contribution in [0, 0.1) is 0 Å². The van der Waals surface area contributed by atoms with Crippen molar-refractivity contribution in [1.29, 1.82) is 0 Å². The third kappa shape index (κ3) is 4.45. The highest BCUT2D eigenvalue weighted by atomic mass is 79.9. The third-order valence-corrected chi connectivity index (χ3v) is 4.30. The first-order valence-corrected chi connectivity index (χ1v) is 7.91. The Morgan fingerprint density at radius 2 is 2.00 bits per heavy atom. The Morgan fingerprint density at radius 1 is 1.25 bits per heavy atom. The Labute approximate surface area is 130 Å². The van der Waals surface area contributed by atoms with Crippen LogP contribution >= 0.6 is 15.9 Å². The van der Waals surface area contributed by atoms with E-state index in [1.165, 1.54) is 15.7 Å². The minimum atomic E-state index is 0.751. The number of nitrogens with one attached hydrogen (secondary N) is 1. The zero-order valence-electron chi connectivity index (χ0n) is 12.4. The van der Waals surface area contributed by atoms with Crippen molar-refractivity contribution in [3.05, 3.63) is 28.2 Å². The molecule has 1 fully saturated rings. The van der Waals surface area contributed by atoms with E-state index in [-0.39, 0.29) is 0 Å². The summed E-state index contributed by atoms with van der Waals surface area (Å²) >= 11 is 3.71. The molecule has 1 saturated heterocycles. The third-order valence-electron chi connectivity index (χ3n) is 3.67. The number of hydrogen-bond donors (Lipinski definition) is 1. The molecule has 1 aromatic carbocycles. The van der Waals surface area contributed by atoms with E-state index in [1.54, 1.807) is 7.11 Å². The SMILES string of the molecule is COCCNCc1ccc(N2CCN(C)CC2)c(Br)c1. The van der Waals surface area contributed by atoms with Crippen molar-refractivity contribution in [2.45, 2.75) is 6.54 Å². The van der Waals surface area contributed by atoms with Crippen LogP contribution in [0.3, 0.4) is 0 Å². The number of ether oxygens (including phenoxy) is 1. The van der Waals surface area contributed by atoms with Crippen molar-refractivity contribution in [2.75, 3.05) is 58.4 Å². The molecule has 0 spiro atoms.